The van der Waals surface area contributed by atoms with Crippen LogP contribution in [0, 0.1) is 0 Å². The van der Waals surface area contributed by atoms with E-state index in [1.54, 1.807) is 29.0 Å². The molecule has 0 unspecified atom stereocenters. The maximum atomic E-state index is 12.4. The molecule has 3 rings (SSSR count). The van der Waals surface area contributed by atoms with Crippen LogP contribution in [0.4, 0.5) is 5.69 Å². The smallest absolute Gasteiger partial charge is 0.232 e. The van der Waals surface area contributed by atoms with Crippen LogP contribution in [0.2, 0.25) is 0 Å². The second-order valence-electron chi connectivity index (χ2n) is 5.94. The van der Waals surface area contributed by atoms with Gasteiger partial charge in [0.15, 0.2) is 17.1 Å². The quantitative estimate of drug-likeness (QED) is 0.381. The molecule has 0 spiro atoms. The number of nitrogens with one attached hydrogen (secondary N) is 1. The molecule has 2 heterocycles. The van der Waals surface area contributed by atoms with E-state index in [9.17, 15) is 8.42 Å². The van der Waals surface area contributed by atoms with Gasteiger partial charge in [0, 0.05) is 30.3 Å². The number of anilines is 1. The predicted octanol–water partition coefficient (Wildman–Crippen LogP) is 2.68. The number of hydrogen-bond donors (Lipinski definition) is 1. The summed E-state index contributed by atoms with van der Waals surface area (Å²) in [5, 5.41) is 5.21. The maximum absolute atomic E-state index is 12.4. The summed E-state index contributed by atoms with van der Waals surface area (Å²) in [5.74, 6) is 1.74. The van der Waals surface area contributed by atoms with Gasteiger partial charge in [-0.05, 0) is 18.6 Å². The van der Waals surface area contributed by atoms with E-state index >= 15 is 0 Å². The summed E-state index contributed by atoms with van der Waals surface area (Å²) >= 11 is 1.49. The Hall–Kier alpha value is -2.66. The lowest BCUT2D eigenvalue weighted by molar-refractivity contribution is 0.325. The zero-order valence-electron chi connectivity index (χ0n) is 16.3. The molecule has 0 aliphatic heterocycles. The van der Waals surface area contributed by atoms with Gasteiger partial charge in [0.1, 0.15) is 5.03 Å². The molecule has 0 aliphatic carbocycles. The molecule has 156 valence electrons. The molecule has 1 N–H and O–H groups in total. The number of hydrogen-bond acceptors (Lipinski definition) is 8. The second kappa shape index (κ2) is 9.23. The Morgan fingerprint density at radius 1 is 1.10 bits per heavy atom. The standard InChI is InChI=1S/C18H22N4O5S2/c1-25-14-11-13(12-15(26-2)18(14)27-3)21-29(23,24)10-4-9-28-17-6-5-16-19-7-8-22(16)20-17/h5-8,11-12,21H,4,9-10H2,1-3H3. The molecule has 0 radical (unpaired) electrons. The average molecular weight is 439 g/mol. The number of aromatic nitrogens is 3. The number of fused-ring (bicyclic) bond motifs is 1. The van der Waals surface area contributed by atoms with Crippen LogP contribution in [0.5, 0.6) is 17.2 Å². The van der Waals surface area contributed by atoms with Crippen molar-refractivity contribution in [2.75, 3.05) is 37.6 Å². The minimum absolute atomic E-state index is 0.0238. The third-order valence-electron chi connectivity index (χ3n) is 3.98. The number of benzene rings is 1. The highest BCUT2D eigenvalue weighted by Gasteiger charge is 2.17. The highest BCUT2D eigenvalue weighted by Crippen LogP contribution is 2.40. The fourth-order valence-electron chi connectivity index (χ4n) is 2.67. The summed E-state index contributed by atoms with van der Waals surface area (Å²) < 4.78 is 44.9. The molecule has 0 amide bonds. The fraction of sp³-hybridized carbons (Fsp3) is 0.333. The third-order valence-corrected chi connectivity index (χ3v) is 6.36. The minimum atomic E-state index is -3.54. The van der Waals surface area contributed by atoms with Gasteiger partial charge in [0.25, 0.3) is 0 Å². The van der Waals surface area contributed by atoms with E-state index in [0.29, 0.717) is 35.1 Å². The Labute approximate surface area is 173 Å². The Morgan fingerprint density at radius 2 is 1.83 bits per heavy atom. The first-order valence-corrected chi connectivity index (χ1v) is 11.3. The van der Waals surface area contributed by atoms with Gasteiger partial charge in [-0.2, -0.15) is 5.10 Å². The van der Waals surface area contributed by atoms with E-state index in [1.807, 2.05) is 12.1 Å². The van der Waals surface area contributed by atoms with Crippen LogP contribution in [0.25, 0.3) is 5.65 Å². The monoisotopic (exact) mass is 438 g/mol. The van der Waals surface area contributed by atoms with Crippen molar-refractivity contribution in [2.24, 2.45) is 0 Å². The number of sulfonamides is 1. The van der Waals surface area contributed by atoms with Gasteiger partial charge in [-0.25, -0.2) is 17.9 Å². The summed E-state index contributed by atoms with van der Waals surface area (Å²) in [6.07, 6.45) is 3.91. The van der Waals surface area contributed by atoms with Crippen LogP contribution >= 0.6 is 11.8 Å². The van der Waals surface area contributed by atoms with Crippen molar-refractivity contribution < 1.29 is 22.6 Å². The second-order valence-corrected chi connectivity index (χ2v) is 8.90. The van der Waals surface area contributed by atoms with Crippen LogP contribution in [0.15, 0.2) is 41.7 Å². The molecule has 1 aromatic carbocycles. The zero-order valence-corrected chi connectivity index (χ0v) is 17.9. The zero-order chi connectivity index (χ0) is 20.9. The van der Waals surface area contributed by atoms with Gasteiger partial charge < -0.3 is 14.2 Å². The Bertz CT molecular complexity index is 1060. The summed E-state index contributed by atoms with van der Waals surface area (Å²) in [6.45, 7) is 0. The SMILES string of the molecule is COc1cc(NS(=O)(=O)CCCSc2ccc3nccn3n2)cc(OC)c1OC. The van der Waals surface area contributed by atoms with Crippen LogP contribution < -0.4 is 18.9 Å². The maximum Gasteiger partial charge on any atom is 0.232 e. The van der Waals surface area contributed by atoms with Crippen LogP contribution in [0.1, 0.15) is 6.42 Å². The first-order valence-electron chi connectivity index (χ1n) is 8.69. The highest BCUT2D eigenvalue weighted by atomic mass is 32.2. The van der Waals surface area contributed by atoms with Crippen molar-refractivity contribution in [2.45, 2.75) is 11.4 Å². The van der Waals surface area contributed by atoms with Gasteiger partial charge >= 0.3 is 0 Å². The van der Waals surface area contributed by atoms with Crippen molar-refractivity contribution in [1.82, 2.24) is 14.6 Å². The van der Waals surface area contributed by atoms with Crippen LogP contribution in [-0.2, 0) is 10.0 Å². The lowest BCUT2D eigenvalue weighted by Crippen LogP contribution is -2.17. The molecule has 0 bridgehead atoms. The predicted molar refractivity (Wildman–Crippen MR) is 112 cm³/mol. The summed E-state index contributed by atoms with van der Waals surface area (Å²) in [4.78, 5) is 4.14. The first-order chi connectivity index (χ1) is 14.0. The molecule has 9 nitrogen and oxygen atoms in total. The molecule has 29 heavy (non-hydrogen) atoms. The number of nitrogens with zero attached hydrogens (tertiary/aromatic N) is 3. The molecule has 0 saturated carbocycles. The molecular weight excluding hydrogens is 416 g/mol. The molecule has 3 aromatic rings. The summed E-state index contributed by atoms with van der Waals surface area (Å²) in [6, 6.07) is 6.85. The Morgan fingerprint density at radius 3 is 2.48 bits per heavy atom. The number of imidazole rings is 1. The lowest BCUT2D eigenvalue weighted by Gasteiger charge is -2.15. The summed E-state index contributed by atoms with van der Waals surface area (Å²) in [5.41, 5.74) is 1.12. The minimum Gasteiger partial charge on any atom is -0.493 e. The van der Waals surface area contributed by atoms with E-state index in [1.165, 1.54) is 33.1 Å². The van der Waals surface area contributed by atoms with Crippen molar-refractivity contribution >= 4 is 33.1 Å². The van der Waals surface area contributed by atoms with Gasteiger partial charge in [-0.3, -0.25) is 4.72 Å². The normalized spacial score (nSPS) is 11.4. The van der Waals surface area contributed by atoms with Crippen molar-refractivity contribution in [3.8, 4) is 17.2 Å². The fourth-order valence-corrected chi connectivity index (χ4v) is 4.76. The number of rotatable bonds is 10. The molecule has 0 saturated heterocycles. The third kappa shape index (κ3) is 5.24. The molecule has 0 fully saturated rings. The topological polar surface area (TPSA) is 104 Å². The van der Waals surface area contributed by atoms with E-state index in [4.69, 9.17) is 14.2 Å². The van der Waals surface area contributed by atoms with E-state index in [2.05, 4.69) is 14.8 Å². The lowest BCUT2D eigenvalue weighted by atomic mass is 10.2. The van der Waals surface area contributed by atoms with Crippen molar-refractivity contribution in [3.05, 3.63) is 36.7 Å². The molecular formula is C18H22N4O5S2. The first kappa shape index (κ1) is 21.1. The van der Waals surface area contributed by atoms with E-state index < -0.39 is 10.0 Å². The highest BCUT2D eigenvalue weighted by molar-refractivity contribution is 7.99. The Kier molecular flexibility index (Phi) is 6.70. The molecule has 0 aliphatic rings. The van der Waals surface area contributed by atoms with Crippen LogP contribution in [-0.4, -0.2) is 55.9 Å². The number of thioether (sulfide) groups is 1. The van der Waals surface area contributed by atoms with E-state index in [-0.39, 0.29) is 5.75 Å². The molecule has 2 aromatic heterocycles. The van der Waals surface area contributed by atoms with Gasteiger partial charge in [-0.15, -0.1) is 11.8 Å². The van der Waals surface area contributed by atoms with Gasteiger partial charge in [-0.1, -0.05) is 0 Å². The number of methoxy groups -OCH3 is 3. The Balaban J connectivity index is 1.58. The largest absolute Gasteiger partial charge is 0.493 e. The van der Waals surface area contributed by atoms with Gasteiger partial charge in [0.2, 0.25) is 15.8 Å². The molecule has 0 atom stereocenters. The number of ether oxygens (including phenoxy) is 3. The van der Waals surface area contributed by atoms with Crippen molar-refractivity contribution in [1.29, 1.82) is 0 Å². The molecule has 11 heteroatoms. The van der Waals surface area contributed by atoms with Crippen LogP contribution in [0.3, 0.4) is 0 Å². The van der Waals surface area contributed by atoms with E-state index in [0.717, 1.165) is 10.7 Å². The summed E-state index contributed by atoms with van der Waals surface area (Å²) in [7, 11) is 0.901. The van der Waals surface area contributed by atoms with Crippen molar-refractivity contribution in [3.63, 3.8) is 0 Å². The average Bonchev–Trinajstić information content (AvgIpc) is 3.18. The van der Waals surface area contributed by atoms with Gasteiger partial charge in [0.05, 0.1) is 32.8 Å².